The SMILES string of the molecule is Cc1cccc([C@@H](NC(=O)N2CCN(Cc3cccnc3)CC2)C(=O)O)c1. The Morgan fingerprint density at radius 1 is 1.19 bits per heavy atom. The fourth-order valence-electron chi connectivity index (χ4n) is 3.21. The van der Waals surface area contributed by atoms with Gasteiger partial charge in [0, 0.05) is 45.1 Å². The number of pyridine rings is 1. The van der Waals surface area contributed by atoms with E-state index in [0.717, 1.165) is 30.8 Å². The van der Waals surface area contributed by atoms with Crippen LogP contribution < -0.4 is 5.32 Å². The topological polar surface area (TPSA) is 85.8 Å². The van der Waals surface area contributed by atoms with E-state index in [-0.39, 0.29) is 6.03 Å². The zero-order valence-electron chi connectivity index (χ0n) is 15.3. The maximum absolute atomic E-state index is 12.6. The third kappa shape index (κ3) is 5.04. The number of aliphatic carboxylic acids is 1. The molecule has 7 nitrogen and oxygen atoms in total. The lowest BCUT2D eigenvalue weighted by molar-refractivity contribution is -0.139. The highest BCUT2D eigenvalue weighted by Crippen LogP contribution is 2.16. The van der Waals surface area contributed by atoms with Gasteiger partial charge in [-0.25, -0.2) is 9.59 Å². The van der Waals surface area contributed by atoms with Gasteiger partial charge < -0.3 is 15.3 Å². The van der Waals surface area contributed by atoms with Gasteiger partial charge >= 0.3 is 12.0 Å². The lowest BCUT2D eigenvalue weighted by Gasteiger charge is -2.35. The van der Waals surface area contributed by atoms with Crippen molar-refractivity contribution in [3.63, 3.8) is 0 Å². The quantitative estimate of drug-likeness (QED) is 0.844. The molecule has 7 heteroatoms. The third-order valence-electron chi connectivity index (χ3n) is 4.68. The Morgan fingerprint density at radius 2 is 1.96 bits per heavy atom. The van der Waals surface area contributed by atoms with Crippen LogP contribution in [0.2, 0.25) is 0 Å². The average molecular weight is 368 g/mol. The predicted octanol–water partition coefficient (Wildman–Crippen LogP) is 2.04. The molecule has 2 N–H and O–H groups in total. The zero-order chi connectivity index (χ0) is 19.2. The molecule has 1 aliphatic rings. The van der Waals surface area contributed by atoms with E-state index in [1.54, 1.807) is 29.3 Å². The van der Waals surface area contributed by atoms with Crippen molar-refractivity contribution in [3.8, 4) is 0 Å². The Bertz CT molecular complexity index is 789. The minimum Gasteiger partial charge on any atom is -0.479 e. The molecule has 142 valence electrons. The second kappa shape index (κ2) is 8.64. The monoisotopic (exact) mass is 368 g/mol. The fourth-order valence-corrected chi connectivity index (χ4v) is 3.21. The highest BCUT2D eigenvalue weighted by atomic mass is 16.4. The normalized spacial score (nSPS) is 16.0. The molecule has 1 atom stereocenters. The summed E-state index contributed by atoms with van der Waals surface area (Å²) in [6.07, 6.45) is 3.59. The number of aryl methyl sites for hydroxylation is 1. The molecular weight excluding hydrogens is 344 g/mol. The van der Waals surface area contributed by atoms with Crippen LogP contribution in [0.25, 0.3) is 0 Å². The Labute approximate surface area is 158 Å². The molecule has 2 aromatic rings. The van der Waals surface area contributed by atoms with Crippen LogP contribution in [-0.4, -0.2) is 58.1 Å². The second-order valence-corrected chi connectivity index (χ2v) is 6.76. The van der Waals surface area contributed by atoms with Crippen LogP contribution >= 0.6 is 0 Å². The molecule has 0 aliphatic carbocycles. The van der Waals surface area contributed by atoms with E-state index in [1.165, 1.54) is 0 Å². The van der Waals surface area contributed by atoms with Crippen LogP contribution in [0.3, 0.4) is 0 Å². The van der Waals surface area contributed by atoms with Crippen molar-refractivity contribution >= 4 is 12.0 Å². The molecule has 0 bridgehead atoms. The number of piperazine rings is 1. The summed E-state index contributed by atoms with van der Waals surface area (Å²) in [4.78, 5) is 32.2. The minimum atomic E-state index is -1.07. The van der Waals surface area contributed by atoms with Crippen LogP contribution in [-0.2, 0) is 11.3 Å². The summed E-state index contributed by atoms with van der Waals surface area (Å²) >= 11 is 0. The van der Waals surface area contributed by atoms with E-state index in [2.05, 4.69) is 15.2 Å². The van der Waals surface area contributed by atoms with Gasteiger partial charge in [-0.2, -0.15) is 0 Å². The standard InChI is InChI=1S/C20H24N4O3/c1-15-4-2-6-17(12-15)18(19(25)26)22-20(27)24-10-8-23(9-11-24)14-16-5-3-7-21-13-16/h2-7,12-13,18H,8-11,14H2,1H3,(H,22,27)(H,25,26)/t18-/m1/s1. The van der Waals surface area contributed by atoms with E-state index in [4.69, 9.17) is 0 Å². The summed E-state index contributed by atoms with van der Waals surface area (Å²) in [7, 11) is 0. The summed E-state index contributed by atoms with van der Waals surface area (Å²) in [6.45, 7) is 5.30. The summed E-state index contributed by atoms with van der Waals surface area (Å²) in [5.74, 6) is -1.07. The maximum atomic E-state index is 12.6. The van der Waals surface area contributed by atoms with E-state index in [9.17, 15) is 14.7 Å². The molecule has 2 heterocycles. The van der Waals surface area contributed by atoms with E-state index in [1.807, 2.05) is 31.3 Å². The van der Waals surface area contributed by atoms with Crippen LogP contribution in [0.15, 0.2) is 48.8 Å². The van der Waals surface area contributed by atoms with Gasteiger partial charge in [0.2, 0.25) is 0 Å². The van der Waals surface area contributed by atoms with Gasteiger partial charge in [-0.05, 0) is 24.1 Å². The molecule has 0 radical (unpaired) electrons. The van der Waals surface area contributed by atoms with Crippen molar-refractivity contribution < 1.29 is 14.7 Å². The number of rotatable bonds is 5. The smallest absolute Gasteiger partial charge is 0.330 e. The van der Waals surface area contributed by atoms with Crippen LogP contribution in [0.1, 0.15) is 22.7 Å². The molecule has 1 aliphatic heterocycles. The van der Waals surface area contributed by atoms with Gasteiger partial charge in [-0.3, -0.25) is 9.88 Å². The van der Waals surface area contributed by atoms with E-state index >= 15 is 0 Å². The van der Waals surface area contributed by atoms with Crippen molar-refractivity contribution in [1.29, 1.82) is 0 Å². The number of carboxylic acids is 1. The zero-order valence-corrected chi connectivity index (χ0v) is 15.3. The number of urea groups is 1. The van der Waals surface area contributed by atoms with Crippen molar-refractivity contribution in [3.05, 3.63) is 65.5 Å². The highest BCUT2D eigenvalue weighted by molar-refractivity contribution is 5.83. The summed E-state index contributed by atoms with van der Waals surface area (Å²) in [5, 5.41) is 12.2. The first-order chi connectivity index (χ1) is 13.0. The molecule has 1 fully saturated rings. The van der Waals surface area contributed by atoms with Gasteiger partial charge in [0.25, 0.3) is 0 Å². The molecule has 0 saturated carbocycles. The Kier molecular flexibility index (Phi) is 6.03. The van der Waals surface area contributed by atoms with Crippen LogP contribution in [0.4, 0.5) is 4.79 Å². The Hall–Kier alpha value is -2.93. The number of nitrogens with one attached hydrogen (secondary N) is 1. The van der Waals surface area contributed by atoms with Crippen molar-refractivity contribution in [2.24, 2.45) is 0 Å². The number of hydrogen-bond acceptors (Lipinski definition) is 4. The molecular formula is C20H24N4O3. The first-order valence-corrected chi connectivity index (χ1v) is 8.99. The molecule has 0 spiro atoms. The number of nitrogens with zero attached hydrogens (tertiary/aromatic N) is 3. The number of benzene rings is 1. The average Bonchev–Trinajstić information content (AvgIpc) is 2.67. The molecule has 0 unspecified atom stereocenters. The molecule has 27 heavy (non-hydrogen) atoms. The van der Waals surface area contributed by atoms with Gasteiger partial charge in [0.1, 0.15) is 0 Å². The number of hydrogen-bond donors (Lipinski definition) is 2. The van der Waals surface area contributed by atoms with Crippen LogP contribution in [0.5, 0.6) is 0 Å². The van der Waals surface area contributed by atoms with Gasteiger partial charge in [-0.15, -0.1) is 0 Å². The second-order valence-electron chi connectivity index (χ2n) is 6.76. The lowest BCUT2D eigenvalue weighted by atomic mass is 10.0. The fraction of sp³-hybridized carbons (Fsp3) is 0.350. The van der Waals surface area contributed by atoms with E-state index in [0.29, 0.717) is 18.7 Å². The molecule has 1 aromatic heterocycles. The molecule has 2 amide bonds. The first-order valence-electron chi connectivity index (χ1n) is 8.99. The van der Waals surface area contributed by atoms with Crippen molar-refractivity contribution in [2.45, 2.75) is 19.5 Å². The van der Waals surface area contributed by atoms with Crippen molar-refractivity contribution in [1.82, 2.24) is 20.1 Å². The van der Waals surface area contributed by atoms with Crippen LogP contribution in [0, 0.1) is 6.92 Å². The Balaban J connectivity index is 1.56. The predicted molar refractivity (Wildman–Crippen MR) is 101 cm³/mol. The van der Waals surface area contributed by atoms with Gasteiger partial charge in [-0.1, -0.05) is 35.9 Å². The highest BCUT2D eigenvalue weighted by Gasteiger charge is 2.27. The lowest BCUT2D eigenvalue weighted by Crippen LogP contribution is -2.52. The minimum absolute atomic E-state index is 0.343. The third-order valence-corrected chi connectivity index (χ3v) is 4.68. The summed E-state index contributed by atoms with van der Waals surface area (Å²) in [6, 6.07) is 9.75. The van der Waals surface area contributed by atoms with E-state index < -0.39 is 12.0 Å². The molecule has 1 aromatic carbocycles. The number of amides is 2. The Morgan fingerprint density at radius 3 is 2.59 bits per heavy atom. The van der Waals surface area contributed by atoms with Gasteiger partial charge in [0.05, 0.1) is 0 Å². The van der Waals surface area contributed by atoms with Crippen molar-refractivity contribution in [2.75, 3.05) is 26.2 Å². The maximum Gasteiger partial charge on any atom is 0.330 e. The number of carbonyl (C=O) groups excluding carboxylic acids is 1. The number of carboxylic acid groups (broad SMARTS) is 1. The van der Waals surface area contributed by atoms with Gasteiger partial charge in [0.15, 0.2) is 6.04 Å². The summed E-state index contributed by atoms with van der Waals surface area (Å²) in [5.41, 5.74) is 2.67. The first kappa shape index (κ1) is 18.8. The number of carbonyl (C=O) groups is 2. The summed E-state index contributed by atoms with van der Waals surface area (Å²) < 4.78 is 0. The molecule has 3 rings (SSSR count). The number of aromatic nitrogens is 1. The molecule has 1 saturated heterocycles. The largest absolute Gasteiger partial charge is 0.479 e.